The molecule has 29 heavy (non-hydrogen) atoms. The molecule has 0 spiro atoms. The van der Waals surface area contributed by atoms with Crippen LogP contribution in [0.3, 0.4) is 0 Å². The summed E-state index contributed by atoms with van der Waals surface area (Å²) >= 11 is 0. The van der Waals surface area contributed by atoms with Gasteiger partial charge in [0.25, 0.3) is 5.79 Å². The van der Waals surface area contributed by atoms with Gasteiger partial charge in [-0.3, -0.25) is 9.59 Å². The van der Waals surface area contributed by atoms with Gasteiger partial charge in [-0.1, -0.05) is 31.2 Å². The zero-order valence-electron chi connectivity index (χ0n) is 16.4. The van der Waals surface area contributed by atoms with Crippen molar-refractivity contribution in [2.24, 2.45) is 0 Å². The molecular weight excluding hydrogens is 378 g/mol. The van der Waals surface area contributed by atoms with Crippen molar-refractivity contribution >= 4 is 11.7 Å². The Kier molecular flexibility index (Phi) is 5.61. The van der Waals surface area contributed by atoms with E-state index in [0.29, 0.717) is 10.6 Å². The first-order valence-electron chi connectivity index (χ1n) is 9.13. The summed E-state index contributed by atoms with van der Waals surface area (Å²) in [5.74, 6) is -4.74. The summed E-state index contributed by atoms with van der Waals surface area (Å²) in [6.07, 6.45) is -0.364. The summed E-state index contributed by atoms with van der Waals surface area (Å²) in [5, 5.41) is 32.5. The van der Waals surface area contributed by atoms with Gasteiger partial charge in [0.05, 0.1) is 12.2 Å². The van der Waals surface area contributed by atoms with Gasteiger partial charge in [-0.05, 0) is 29.2 Å². The number of Topliss-reactive ketones (excluding diaryl/α,β-unsaturated/α-hetero) is 1. The highest BCUT2D eigenvalue weighted by Gasteiger charge is 2.50. The molecule has 0 fully saturated rings. The van der Waals surface area contributed by atoms with Gasteiger partial charge in [0.2, 0.25) is 5.78 Å². The first kappa shape index (κ1) is 20.8. The van der Waals surface area contributed by atoms with Gasteiger partial charge in [-0.25, -0.2) is 9.90 Å². The molecule has 0 bridgehead atoms. The lowest BCUT2D eigenvalue weighted by Crippen LogP contribution is -2.48. The Balaban J connectivity index is 2.15. The standard InChI is InChI=1S/C21H23NO7/c1-4-13-6-5-7-14(8-13)19-21(27,29-22(3)20(26)12(2)23)18-15(11-28-19)9-16(24)10-17(18)25/h5-10,19,24-25,27H,4,11H2,1-3H3. The third-order valence-electron chi connectivity index (χ3n) is 4.83. The van der Waals surface area contributed by atoms with Crippen molar-refractivity contribution in [3.8, 4) is 11.5 Å². The molecule has 8 nitrogen and oxygen atoms in total. The lowest BCUT2D eigenvalue weighted by molar-refractivity contribution is -0.364. The number of nitrogens with zero attached hydrogens (tertiary/aromatic N) is 1. The molecule has 2 unspecified atom stereocenters. The van der Waals surface area contributed by atoms with Crippen molar-refractivity contribution in [2.75, 3.05) is 7.05 Å². The van der Waals surface area contributed by atoms with Gasteiger partial charge in [0.1, 0.15) is 17.6 Å². The molecule has 0 aliphatic carbocycles. The van der Waals surface area contributed by atoms with E-state index in [1.54, 1.807) is 12.1 Å². The summed E-state index contributed by atoms with van der Waals surface area (Å²) in [5.41, 5.74) is 1.80. The minimum absolute atomic E-state index is 0.0195. The van der Waals surface area contributed by atoms with Gasteiger partial charge >= 0.3 is 5.91 Å². The zero-order valence-corrected chi connectivity index (χ0v) is 16.4. The summed E-state index contributed by atoms with van der Waals surface area (Å²) in [6.45, 7) is 3.04. The van der Waals surface area contributed by atoms with E-state index in [0.717, 1.165) is 25.0 Å². The quantitative estimate of drug-likeness (QED) is 0.399. The fourth-order valence-electron chi connectivity index (χ4n) is 3.48. The van der Waals surface area contributed by atoms with Crippen molar-refractivity contribution < 1.29 is 34.5 Å². The Hall–Kier alpha value is -2.94. The summed E-state index contributed by atoms with van der Waals surface area (Å²) in [4.78, 5) is 29.0. The maximum absolute atomic E-state index is 12.1. The number of aryl methyl sites for hydroxylation is 1. The largest absolute Gasteiger partial charge is 0.508 e. The van der Waals surface area contributed by atoms with Crippen LogP contribution < -0.4 is 0 Å². The van der Waals surface area contributed by atoms with E-state index in [1.165, 1.54) is 13.1 Å². The number of ketones is 1. The predicted octanol–water partition coefficient (Wildman–Crippen LogP) is 2.06. The molecule has 0 saturated heterocycles. The number of likely N-dealkylation sites (N-methyl/N-ethyl adjacent to an activating group) is 1. The van der Waals surface area contributed by atoms with Crippen LogP contribution in [0.2, 0.25) is 0 Å². The molecule has 1 aliphatic heterocycles. The third-order valence-corrected chi connectivity index (χ3v) is 4.83. The lowest BCUT2D eigenvalue weighted by atomic mass is 9.87. The number of fused-ring (bicyclic) bond motifs is 1. The monoisotopic (exact) mass is 401 g/mol. The number of carbonyl (C=O) groups is 2. The molecule has 8 heteroatoms. The maximum atomic E-state index is 12.1. The van der Waals surface area contributed by atoms with Gasteiger partial charge < -0.3 is 20.1 Å². The van der Waals surface area contributed by atoms with Gasteiger partial charge in [-0.15, -0.1) is 0 Å². The number of phenols is 2. The molecular formula is C21H23NO7. The molecule has 3 N–H and O–H groups in total. The second-order valence-corrected chi connectivity index (χ2v) is 6.94. The number of phenolic OH excluding ortho intramolecular Hbond substituents is 2. The number of amides is 1. The highest BCUT2D eigenvalue weighted by Crippen LogP contribution is 2.49. The Morgan fingerprint density at radius 2 is 2.00 bits per heavy atom. The Morgan fingerprint density at radius 3 is 2.66 bits per heavy atom. The lowest BCUT2D eigenvalue weighted by Gasteiger charge is -2.42. The Bertz CT molecular complexity index is 958. The van der Waals surface area contributed by atoms with Crippen molar-refractivity contribution in [1.29, 1.82) is 0 Å². The Labute approximate surface area is 167 Å². The average molecular weight is 401 g/mol. The number of carbonyl (C=O) groups excluding carboxylic acids is 2. The van der Waals surface area contributed by atoms with Crippen LogP contribution in [-0.4, -0.2) is 39.1 Å². The number of aromatic hydroxyl groups is 2. The third kappa shape index (κ3) is 3.82. The molecule has 1 amide bonds. The smallest absolute Gasteiger partial charge is 0.313 e. The van der Waals surface area contributed by atoms with Gasteiger partial charge in [0.15, 0.2) is 0 Å². The minimum Gasteiger partial charge on any atom is -0.508 e. The van der Waals surface area contributed by atoms with Crippen molar-refractivity contribution in [2.45, 2.75) is 38.8 Å². The number of rotatable bonds is 5. The molecule has 154 valence electrons. The van der Waals surface area contributed by atoms with Crippen LogP contribution in [0.1, 0.15) is 42.2 Å². The highest BCUT2D eigenvalue weighted by molar-refractivity contribution is 6.34. The summed E-state index contributed by atoms with van der Waals surface area (Å²) < 4.78 is 5.84. The maximum Gasteiger partial charge on any atom is 0.313 e. The number of ether oxygens (including phenoxy) is 1. The van der Waals surface area contributed by atoms with E-state index in [1.807, 2.05) is 19.1 Å². The molecule has 0 aromatic heterocycles. The van der Waals surface area contributed by atoms with Crippen LogP contribution in [0.5, 0.6) is 11.5 Å². The first-order valence-corrected chi connectivity index (χ1v) is 9.13. The topological polar surface area (TPSA) is 117 Å². The van der Waals surface area contributed by atoms with Crippen LogP contribution in [0.4, 0.5) is 0 Å². The summed E-state index contributed by atoms with van der Waals surface area (Å²) in [7, 11) is 1.19. The highest BCUT2D eigenvalue weighted by atomic mass is 16.8. The average Bonchev–Trinajstić information content (AvgIpc) is 2.66. The molecule has 1 heterocycles. The molecule has 2 aromatic carbocycles. The molecule has 0 radical (unpaired) electrons. The second kappa shape index (κ2) is 7.82. The fraction of sp³-hybridized carbons (Fsp3) is 0.333. The molecule has 1 aliphatic rings. The number of hydroxylamine groups is 2. The number of benzene rings is 2. The van der Waals surface area contributed by atoms with E-state index >= 15 is 0 Å². The van der Waals surface area contributed by atoms with Crippen molar-refractivity contribution in [3.05, 3.63) is 58.7 Å². The van der Waals surface area contributed by atoms with Crippen molar-refractivity contribution in [1.82, 2.24) is 5.06 Å². The Morgan fingerprint density at radius 1 is 1.28 bits per heavy atom. The molecule has 3 rings (SSSR count). The normalized spacial score (nSPS) is 20.8. The zero-order chi connectivity index (χ0) is 21.3. The van der Waals surface area contributed by atoms with Crippen LogP contribution in [0.15, 0.2) is 36.4 Å². The molecule has 2 atom stereocenters. The number of hydrogen-bond acceptors (Lipinski definition) is 7. The SMILES string of the molecule is CCc1cccc(C2OCc3cc(O)cc(O)c3C2(O)ON(C)C(=O)C(C)=O)c1. The van der Waals surface area contributed by atoms with E-state index in [2.05, 4.69) is 0 Å². The second-order valence-electron chi connectivity index (χ2n) is 6.94. The van der Waals surface area contributed by atoms with E-state index < -0.39 is 29.3 Å². The number of hydrogen-bond donors (Lipinski definition) is 3. The van der Waals surface area contributed by atoms with E-state index in [-0.39, 0.29) is 23.5 Å². The first-order chi connectivity index (χ1) is 13.7. The van der Waals surface area contributed by atoms with E-state index in [9.17, 15) is 24.9 Å². The van der Waals surface area contributed by atoms with Crippen molar-refractivity contribution in [3.63, 3.8) is 0 Å². The summed E-state index contributed by atoms with van der Waals surface area (Å²) in [6, 6.07) is 9.66. The van der Waals surface area contributed by atoms with Gasteiger partial charge in [0, 0.05) is 20.0 Å². The van der Waals surface area contributed by atoms with Crippen LogP contribution in [-0.2, 0) is 38.0 Å². The van der Waals surface area contributed by atoms with Crippen LogP contribution in [0.25, 0.3) is 0 Å². The van der Waals surface area contributed by atoms with E-state index in [4.69, 9.17) is 9.57 Å². The number of aliphatic hydroxyl groups is 1. The minimum atomic E-state index is -2.34. The van der Waals surface area contributed by atoms with Crippen LogP contribution in [0, 0.1) is 0 Å². The molecule has 0 saturated carbocycles. The fourth-order valence-corrected chi connectivity index (χ4v) is 3.48. The predicted molar refractivity (Wildman–Crippen MR) is 102 cm³/mol. The van der Waals surface area contributed by atoms with Gasteiger partial charge in [-0.2, -0.15) is 0 Å². The van der Waals surface area contributed by atoms with Crippen LogP contribution >= 0.6 is 0 Å². The molecule has 2 aromatic rings.